The fraction of sp³-hybridized carbons (Fsp3) is 0.909. The van der Waals surface area contributed by atoms with Gasteiger partial charge in [-0.25, -0.2) is 0 Å². The zero-order valence-electron chi connectivity index (χ0n) is 9.59. The number of rotatable bonds is 5. The summed E-state index contributed by atoms with van der Waals surface area (Å²) in [4.78, 5) is 11.0. The Kier molecular flexibility index (Phi) is 3.53. The number of ether oxygens (including phenoxy) is 1. The van der Waals surface area contributed by atoms with Crippen LogP contribution in [0.1, 0.15) is 40.0 Å². The van der Waals surface area contributed by atoms with Gasteiger partial charge in [0.25, 0.3) is 0 Å². The number of nitrogens with one attached hydrogen (secondary N) is 1. The predicted molar refractivity (Wildman–Crippen MR) is 56.0 cm³/mol. The summed E-state index contributed by atoms with van der Waals surface area (Å²) in [6.07, 6.45) is 3.07. The van der Waals surface area contributed by atoms with Gasteiger partial charge in [-0.2, -0.15) is 0 Å². The van der Waals surface area contributed by atoms with E-state index in [0.29, 0.717) is 6.42 Å². The number of carbonyl (C=O) groups excluding carboxylic acids is 1. The van der Waals surface area contributed by atoms with E-state index in [2.05, 4.69) is 23.9 Å². The molecule has 0 aromatic heterocycles. The van der Waals surface area contributed by atoms with Gasteiger partial charge in [0.05, 0.1) is 13.5 Å². The van der Waals surface area contributed by atoms with Crippen LogP contribution in [0.4, 0.5) is 0 Å². The van der Waals surface area contributed by atoms with Crippen molar-refractivity contribution in [1.29, 1.82) is 0 Å². The van der Waals surface area contributed by atoms with E-state index >= 15 is 0 Å². The van der Waals surface area contributed by atoms with Gasteiger partial charge < -0.3 is 10.1 Å². The highest BCUT2D eigenvalue weighted by Gasteiger charge is 2.38. The molecule has 0 aromatic rings. The molecule has 1 fully saturated rings. The number of hydrogen-bond acceptors (Lipinski definition) is 3. The molecule has 3 heteroatoms. The average Bonchev–Trinajstić information content (AvgIpc) is 2.84. The lowest BCUT2D eigenvalue weighted by atomic mass is 9.97. The molecule has 0 heterocycles. The van der Waals surface area contributed by atoms with Crippen LogP contribution < -0.4 is 5.32 Å². The first-order chi connectivity index (χ1) is 6.45. The Morgan fingerprint density at radius 2 is 2.14 bits per heavy atom. The van der Waals surface area contributed by atoms with Crippen molar-refractivity contribution in [3.63, 3.8) is 0 Å². The molecule has 1 aliphatic carbocycles. The minimum absolute atomic E-state index is 0.142. The Morgan fingerprint density at radius 1 is 1.57 bits per heavy atom. The van der Waals surface area contributed by atoms with Crippen LogP contribution in [0.5, 0.6) is 0 Å². The van der Waals surface area contributed by atoms with Crippen molar-refractivity contribution < 1.29 is 9.53 Å². The van der Waals surface area contributed by atoms with Gasteiger partial charge in [0.15, 0.2) is 0 Å². The van der Waals surface area contributed by atoms with Gasteiger partial charge >= 0.3 is 5.97 Å². The summed E-state index contributed by atoms with van der Waals surface area (Å²) in [5, 5.41) is 3.48. The Labute approximate surface area is 86.2 Å². The Hall–Kier alpha value is -0.570. The molecule has 14 heavy (non-hydrogen) atoms. The smallest absolute Gasteiger partial charge is 0.307 e. The summed E-state index contributed by atoms with van der Waals surface area (Å²) in [6.45, 7) is 6.44. The monoisotopic (exact) mass is 199 g/mol. The van der Waals surface area contributed by atoms with E-state index in [0.717, 1.165) is 5.92 Å². The highest BCUT2D eigenvalue weighted by Crippen LogP contribution is 2.39. The van der Waals surface area contributed by atoms with Gasteiger partial charge in [-0.3, -0.25) is 4.79 Å². The topological polar surface area (TPSA) is 38.3 Å². The first kappa shape index (κ1) is 11.5. The SMILES string of the molecule is COC(=O)CC(C)NC(C)(C)C1CC1. The van der Waals surface area contributed by atoms with Gasteiger partial charge in [0, 0.05) is 11.6 Å². The summed E-state index contributed by atoms with van der Waals surface area (Å²) in [7, 11) is 1.43. The third kappa shape index (κ3) is 3.29. The minimum Gasteiger partial charge on any atom is -0.469 e. The molecule has 0 saturated heterocycles. The Balaban J connectivity index is 2.31. The summed E-state index contributed by atoms with van der Waals surface area (Å²) in [5.74, 6) is 0.638. The molecule has 0 radical (unpaired) electrons. The Bertz CT molecular complexity index is 209. The van der Waals surface area contributed by atoms with Gasteiger partial charge in [-0.1, -0.05) is 0 Å². The van der Waals surface area contributed by atoms with Crippen molar-refractivity contribution >= 4 is 5.97 Å². The second-order valence-electron chi connectivity index (χ2n) is 4.82. The maximum absolute atomic E-state index is 11.0. The lowest BCUT2D eigenvalue weighted by Crippen LogP contribution is -2.47. The average molecular weight is 199 g/mol. The highest BCUT2D eigenvalue weighted by molar-refractivity contribution is 5.69. The molecule has 1 atom stereocenters. The third-order valence-corrected chi connectivity index (χ3v) is 2.92. The molecule has 82 valence electrons. The number of methoxy groups -OCH3 is 1. The minimum atomic E-state index is -0.142. The second-order valence-corrected chi connectivity index (χ2v) is 4.82. The van der Waals surface area contributed by atoms with Gasteiger partial charge in [0.1, 0.15) is 0 Å². The van der Waals surface area contributed by atoms with Crippen molar-refractivity contribution in [3.05, 3.63) is 0 Å². The standard InChI is InChI=1S/C11H21NO2/c1-8(7-10(13)14-4)12-11(2,3)9-5-6-9/h8-9,12H,5-7H2,1-4H3. The molecule has 1 N–H and O–H groups in total. The van der Waals surface area contributed by atoms with E-state index < -0.39 is 0 Å². The van der Waals surface area contributed by atoms with E-state index in [1.807, 2.05) is 6.92 Å². The zero-order valence-corrected chi connectivity index (χ0v) is 9.59. The van der Waals surface area contributed by atoms with E-state index in [-0.39, 0.29) is 17.6 Å². The van der Waals surface area contributed by atoms with Crippen LogP contribution in [0.2, 0.25) is 0 Å². The third-order valence-electron chi connectivity index (χ3n) is 2.92. The van der Waals surface area contributed by atoms with Gasteiger partial charge in [-0.15, -0.1) is 0 Å². The van der Waals surface area contributed by atoms with Gasteiger partial charge in [-0.05, 0) is 39.5 Å². The molecule has 1 unspecified atom stereocenters. The van der Waals surface area contributed by atoms with Crippen molar-refractivity contribution in [1.82, 2.24) is 5.32 Å². The molecule has 1 saturated carbocycles. The predicted octanol–water partition coefficient (Wildman–Crippen LogP) is 1.72. The maximum atomic E-state index is 11.0. The lowest BCUT2D eigenvalue weighted by Gasteiger charge is -2.30. The molecule has 0 spiro atoms. The van der Waals surface area contributed by atoms with E-state index in [1.165, 1.54) is 20.0 Å². The first-order valence-electron chi connectivity index (χ1n) is 5.30. The Morgan fingerprint density at radius 3 is 2.57 bits per heavy atom. The largest absolute Gasteiger partial charge is 0.469 e. The summed E-state index contributed by atoms with van der Waals surface area (Å²) in [6, 6.07) is 0.193. The maximum Gasteiger partial charge on any atom is 0.307 e. The van der Waals surface area contributed by atoms with Crippen molar-refractivity contribution in [2.24, 2.45) is 5.92 Å². The lowest BCUT2D eigenvalue weighted by molar-refractivity contribution is -0.141. The molecular formula is C11H21NO2. The van der Waals surface area contributed by atoms with Crippen LogP contribution in [0.15, 0.2) is 0 Å². The van der Waals surface area contributed by atoms with E-state index in [9.17, 15) is 4.79 Å². The summed E-state index contributed by atoms with van der Waals surface area (Å²) < 4.78 is 4.63. The van der Waals surface area contributed by atoms with Crippen LogP contribution in [-0.4, -0.2) is 24.7 Å². The molecule has 1 rings (SSSR count). The fourth-order valence-electron chi connectivity index (χ4n) is 1.94. The molecule has 1 aliphatic rings. The summed E-state index contributed by atoms with van der Waals surface area (Å²) >= 11 is 0. The normalized spacial score (nSPS) is 19.1. The molecule has 0 aliphatic heterocycles. The van der Waals surface area contributed by atoms with Gasteiger partial charge in [0.2, 0.25) is 0 Å². The molecule has 0 aromatic carbocycles. The highest BCUT2D eigenvalue weighted by atomic mass is 16.5. The van der Waals surface area contributed by atoms with Crippen molar-refractivity contribution in [3.8, 4) is 0 Å². The van der Waals surface area contributed by atoms with Crippen LogP contribution in [0, 0.1) is 5.92 Å². The fourth-order valence-corrected chi connectivity index (χ4v) is 1.94. The molecule has 3 nitrogen and oxygen atoms in total. The van der Waals surface area contributed by atoms with Crippen LogP contribution in [0.3, 0.4) is 0 Å². The van der Waals surface area contributed by atoms with Crippen molar-refractivity contribution in [2.45, 2.75) is 51.6 Å². The number of esters is 1. The number of carbonyl (C=O) groups is 1. The van der Waals surface area contributed by atoms with Crippen LogP contribution in [-0.2, 0) is 9.53 Å². The first-order valence-corrected chi connectivity index (χ1v) is 5.30. The van der Waals surface area contributed by atoms with E-state index in [1.54, 1.807) is 0 Å². The van der Waals surface area contributed by atoms with Crippen LogP contribution in [0.25, 0.3) is 0 Å². The molecule has 0 bridgehead atoms. The second kappa shape index (κ2) is 4.30. The quantitative estimate of drug-likeness (QED) is 0.685. The molecular weight excluding hydrogens is 178 g/mol. The van der Waals surface area contributed by atoms with Crippen LogP contribution >= 0.6 is 0 Å². The zero-order chi connectivity index (χ0) is 10.8. The molecule has 0 amide bonds. The summed E-state index contributed by atoms with van der Waals surface area (Å²) in [5.41, 5.74) is 0.160. The van der Waals surface area contributed by atoms with Crippen molar-refractivity contribution in [2.75, 3.05) is 7.11 Å². The van der Waals surface area contributed by atoms with E-state index in [4.69, 9.17) is 0 Å². The number of hydrogen-bond donors (Lipinski definition) is 1.